The van der Waals surface area contributed by atoms with Crippen molar-refractivity contribution >= 4 is 0 Å². The van der Waals surface area contributed by atoms with E-state index in [1.807, 2.05) is 0 Å². The molecule has 138 valence electrons. The third-order valence-corrected chi connectivity index (χ3v) is 9.58. The number of hydrogen-bond acceptors (Lipinski definition) is 2. The van der Waals surface area contributed by atoms with Crippen molar-refractivity contribution in [3.63, 3.8) is 0 Å². The molecule has 2 saturated carbocycles. The zero-order chi connectivity index (χ0) is 17.7. The zero-order valence-corrected chi connectivity index (χ0v) is 16.9. The van der Waals surface area contributed by atoms with Crippen molar-refractivity contribution in [3.8, 4) is 0 Å². The molecule has 0 spiro atoms. The van der Waals surface area contributed by atoms with Crippen LogP contribution in [0.4, 0.5) is 0 Å². The van der Waals surface area contributed by atoms with E-state index in [1.165, 1.54) is 12.8 Å². The van der Waals surface area contributed by atoms with E-state index >= 15 is 0 Å². The van der Waals surface area contributed by atoms with Gasteiger partial charge in [-0.15, -0.1) is 0 Å². The van der Waals surface area contributed by atoms with E-state index < -0.39 is 0 Å². The van der Waals surface area contributed by atoms with Crippen LogP contribution in [0, 0.1) is 46.3 Å². The van der Waals surface area contributed by atoms with Crippen LogP contribution in [0.15, 0.2) is 23.3 Å². The average Bonchev–Trinajstić information content (AvgIpc) is 3.03. The van der Waals surface area contributed by atoms with Gasteiger partial charge in [-0.05, 0) is 59.2 Å². The molecule has 0 aromatic heterocycles. The van der Waals surface area contributed by atoms with Gasteiger partial charge in [0, 0.05) is 18.8 Å². The topological polar surface area (TPSA) is 24.1 Å². The molecule has 7 aliphatic rings. The standard InChI is InChI=1S/C23H36N2/c1-12-16(7-14-9-18(12)22(14,3)4)20-21(25-11-24-20)17-8-15-10-19(13(17)2)23(15,5)6/h7-8,12-15,18-21,24-25H,9-11H2,1-6H3. The lowest BCUT2D eigenvalue weighted by atomic mass is 9.45. The molecule has 2 N–H and O–H groups in total. The third kappa shape index (κ3) is 1.99. The first kappa shape index (κ1) is 16.6. The van der Waals surface area contributed by atoms with Crippen LogP contribution in [0.3, 0.4) is 0 Å². The van der Waals surface area contributed by atoms with Crippen molar-refractivity contribution < 1.29 is 0 Å². The minimum atomic E-state index is 0.519. The predicted octanol–water partition coefficient (Wildman–Crippen LogP) is 4.35. The molecule has 8 unspecified atom stereocenters. The lowest BCUT2D eigenvalue weighted by molar-refractivity contribution is -0.0372. The summed E-state index contributed by atoms with van der Waals surface area (Å²) in [6.45, 7) is 15.9. The maximum Gasteiger partial charge on any atom is 0.0487 e. The van der Waals surface area contributed by atoms with E-state index in [2.05, 4.69) is 64.3 Å². The van der Waals surface area contributed by atoms with Gasteiger partial charge in [-0.1, -0.05) is 64.8 Å². The van der Waals surface area contributed by atoms with Crippen molar-refractivity contribution in [1.29, 1.82) is 0 Å². The molecule has 8 atom stereocenters. The summed E-state index contributed by atoms with van der Waals surface area (Å²) in [5, 5.41) is 7.65. The summed E-state index contributed by atoms with van der Waals surface area (Å²) >= 11 is 0. The molecular weight excluding hydrogens is 304 g/mol. The Morgan fingerprint density at radius 2 is 1.16 bits per heavy atom. The third-order valence-electron chi connectivity index (χ3n) is 9.58. The first-order chi connectivity index (χ1) is 11.7. The van der Waals surface area contributed by atoms with Crippen molar-refractivity contribution in [3.05, 3.63) is 23.3 Å². The van der Waals surface area contributed by atoms with E-state index in [0.717, 1.165) is 42.2 Å². The molecule has 0 aromatic rings. The van der Waals surface area contributed by atoms with Crippen LogP contribution >= 0.6 is 0 Å². The van der Waals surface area contributed by atoms with Gasteiger partial charge in [0.1, 0.15) is 0 Å². The Balaban J connectivity index is 1.45. The van der Waals surface area contributed by atoms with Gasteiger partial charge in [-0.25, -0.2) is 0 Å². The van der Waals surface area contributed by atoms with Crippen LogP contribution in [0.25, 0.3) is 0 Å². The van der Waals surface area contributed by atoms with Crippen LogP contribution in [0.1, 0.15) is 54.4 Å². The van der Waals surface area contributed by atoms with Crippen LogP contribution in [0.5, 0.6) is 0 Å². The number of rotatable bonds is 2. The van der Waals surface area contributed by atoms with Gasteiger partial charge in [0.25, 0.3) is 0 Å². The summed E-state index contributed by atoms with van der Waals surface area (Å²) in [4.78, 5) is 0. The molecule has 25 heavy (non-hydrogen) atoms. The van der Waals surface area contributed by atoms with Crippen LogP contribution < -0.4 is 10.6 Å². The minimum Gasteiger partial charge on any atom is -0.296 e. The van der Waals surface area contributed by atoms with E-state index in [1.54, 1.807) is 11.1 Å². The largest absolute Gasteiger partial charge is 0.296 e. The molecule has 1 saturated heterocycles. The fraction of sp³-hybridized carbons (Fsp3) is 0.826. The number of nitrogens with one attached hydrogen (secondary N) is 2. The Morgan fingerprint density at radius 1 is 0.760 bits per heavy atom. The highest BCUT2D eigenvalue weighted by molar-refractivity contribution is 5.37. The molecule has 1 heterocycles. The van der Waals surface area contributed by atoms with E-state index in [9.17, 15) is 0 Å². The van der Waals surface area contributed by atoms with E-state index in [4.69, 9.17) is 0 Å². The molecule has 0 amide bonds. The Labute approximate surface area is 153 Å². The van der Waals surface area contributed by atoms with Crippen molar-refractivity contribution in [1.82, 2.24) is 10.6 Å². The first-order valence-electron chi connectivity index (χ1n) is 10.6. The number of allylic oxidation sites excluding steroid dienone is 2. The predicted molar refractivity (Wildman–Crippen MR) is 104 cm³/mol. The fourth-order valence-corrected chi connectivity index (χ4v) is 7.40. The second-order valence-electron chi connectivity index (χ2n) is 11.0. The lowest BCUT2D eigenvalue weighted by Crippen LogP contribution is -2.56. The molecule has 7 rings (SSSR count). The van der Waals surface area contributed by atoms with Crippen LogP contribution in [0.2, 0.25) is 0 Å². The Kier molecular flexibility index (Phi) is 3.32. The van der Waals surface area contributed by atoms with Gasteiger partial charge >= 0.3 is 0 Å². The summed E-state index contributed by atoms with van der Waals surface area (Å²) < 4.78 is 0. The van der Waals surface area contributed by atoms with Crippen LogP contribution in [-0.4, -0.2) is 18.8 Å². The van der Waals surface area contributed by atoms with Gasteiger partial charge in [0.15, 0.2) is 0 Å². The summed E-state index contributed by atoms with van der Waals surface area (Å²) in [5.74, 6) is 4.82. The lowest BCUT2D eigenvalue weighted by Gasteiger charge is -2.60. The maximum absolute atomic E-state index is 3.82. The molecule has 4 bridgehead atoms. The highest BCUT2D eigenvalue weighted by Gasteiger charge is 2.57. The summed E-state index contributed by atoms with van der Waals surface area (Å²) in [7, 11) is 0. The first-order valence-corrected chi connectivity index (χ1v) is 10.6. The molecule has 2 heteroatoms. The maximum atomic E-state index is 3.82. The molecule has 1 aliphatic heterocycles. The van der Waals surface area contributed by atoms with Crippen molar-refractivity contribution in [2.75, 3.05) is 6.67 Å². The minimum absolute atomic E-state index is 0.519. The average molecular weight is 341 g/mol. The van der Waals surface area contributed by atoms with Gasteiger partial charge in [-0.2, -0.15) is 0 Å². The normalized spacial score (nSPS) is 51.9. The molecule has 0 aromatic carbocycles. The van der Waals surface area contributed by atoms with Gasteiger partial charge in [-0.3, -0.25) is 10.6 Å². The Bertz CT molecular complexity index is 599. The Hall–Kier alpha value is -0.600. The monoisotopic (exact) mass is 340 g/mol. The molecule has 6 aliphatic carbocycles. The van der Waals surface area contributed by atoms with Gasteiger partial charge < -0.3 is 0 Å². The number of hydrogen-bond donors (Lipinski definition) is 2. The Morgan fingerprint density at radius 3 is 1.48 bits per heavy atom. The second kappa shape index (κ2) is 5.01. The zero-order valence-electron chi connectivity index (χ0n) is 16.9. The molecule has 0 radical (unpaired) electrons. The van der Waals surface area contributed by atoms with E-state index in [-0.39, 0.29) is 0 Å². The summed E-state index contributed by atoms with van der Waals surface area (Å²) in [5.41, 5.74) is 4.46. The summed E-state index contributed by atoms with van der Waals surface area (Å²) in [6, 6.07) is 1.04. The smallest absolute Gasteiger partial charge is 0.0487 e. The second-order valence-corrected chi connectivity index (χ2v) is 11.0. The van der Waals surface area contributed by atoms with Gasteiger partial charge in [0.2, 0.25) is 0 Å². The van der Waals surface area contributed by atoms with Crippen molar-refractivity contribution in [2.45, 2.75) is 66.5 Å². The highest BCUT2D eigenvalue weighted by Crippen LogP contribution is 2.63. The van der Waals surface area contributed by atoms with Gasteiger partial charge in [0.05, 0.1) is 0 Å². The summed E-state index contributed by atoms with van der Waals surface area (Å²) in [6.07, 6.45) is 8.17. The highest BCUT2D eigenvalue weighted by atomic mass is 15.2. The molecule has 2 nitrogen and oxygen atoms in total. The molecular formula is C23H36N2. The van der Waals surface area contributed by atoms with Crippen LogP contribution in [-0.2, 0) is 0 Å². The SMILES string of the molecule is CC1C(C2NCNC2C2=CC3CC(C2C)C3(C)C)=CC2CC1C2(C)C. The quantitative estimate of drug-likeness (QED) is 0.730. The molecule has 3 fully saturated rings. The number of fused-ring (bicyclic) bond motifs is 2. The van der Waals surface area contributed by atoms with Crippen molar-refractivity contribution in [2.24, 2.45) is 46.3 Å². The fourth-order valence-electron chi connectivity index (χ4n) is 7.40. The van der Waals surface area contributed by atoms with E-state index in [0.29, 0.717) is 22.9 Å².